The van der Waals surface area contributed by atoms with E-state index in [0.717, 1.165) is 19.5 Å². The number of nitrogens with zero attached hydrogens (tertiary/aromatic N) is 1. The van der Waals surface area contributed by atoms with Gasteiger partial charge >= 0.3 is 5.97 Å². The van der Waals surface area contributed by atoms with Gasteiger partial charge in [0.15, 0.2) is 0 Å². The highest BCUT2D eigenvalue weighted by atomic mass is 16.5. The molecule has 1 fully saturated rings. The minimum atomic E-state index is -0.723. The minimum Gasteiger partial charge on any atom is -0.481 e. The summed E-state index contributed by atoms with van der Waals surface area (Å²) in [5.41, 5.74) is -0.619. The molecule has 112 valence electrons. The molecule has 1 unspecified atom stereocenters. The van der Waals surface area contributed by atoms with E-state index in [4.69, 9.17) is 4.74 Å². The van der Waals surface area contributed by atoms with Crippen LogP contribution in [0.15, 0.2) is 0 Å². The molecule has 1 N–H and O–H groups in total. The summed E-state index contributed by atoms with van der Waals surface area (Å²) >= 11 is 0. The van der Waals surface area contributed by atoms with Gasteiger partial charge in [-0.3, -0.25) is 9.69 Å². The lowest BCUT2D eigenvalue weighted by molar-refractivity contribution is -0.141. The summed E-state index contributed by atoms with van der Waals surface area (Å²) in [5, 5.41) is 9.25. The maximum Gasteiger partial charge on any atom is 0.305 e. The SMILES string of the molecule is COC(C)(C)CC(C)(CC(=O)O)N1CCCCCC1. The summed E-state index contributed by atoms with van der Waals surface area (Å²) in [6.07, 6.45) is 5.77. The molecule has 1 saturated heterocycles. The molecule has 19 heavy (non-hydrogen) atoms. The number of ether oxygens (including phenoxy) is 1. The van der Waals surface area contributed by atoms with E-state index in [1.165, 1.54) is 25.7 Å². The number of aliphatic carboxylic acids is 1. The summed E-state index contributed by atoms with van der Waals surface area (Å²) in [7, 11) is 1.70. The Kier molecular flexibility index (Phi) is 5.81. The molecule has 0 aromatic carbocycles. The summed E-state index contributed by atoms with van der Waals surface area (Å²) in [6.45, 7) is 8.15. The first-order valence-electron chi connectivity index (χ1n) is 7.31. The van der Waals surface area contributed by atoms with Crippen LogP contribution in [-0.2, 0) is 9.53 Å². The average molecular weight is 271 g/mol. The predicted molar refractivity (Wildman–Crippen MR) is 76.4 cm³/mol. The first kappa shape index (κ1) is 16.4. The van der Waals surface area contributed by atoms with Gasteiger partial charge in [0.05, 0.1) is 12.0 Å². The van der Waals surface area contributed by atoms with Crippen molar-refractivity contribution in [3.63, 3.8) is 0 Å². The van der Waals surface area contributed by atoms with Crippen LogP contribution in [-0.4, -0.2) is 47.3 Å². The van der Waals surface area contributed by atoms with Crippen LogP contribution in [0.5, 0.6) is 0 Å². The fourth-order valence-corrected chi connectivity index (χ4v) is 3.21. The van der Waals surface area contributed by atoms with Gasteiger partial charge in [-0.05, 0) is 53.1 Å². The molecule has 0 aromatic heterocycles. The van der Waals surface area contributed by atoms with E-state index in [2.05, 4.69) is 11.8 Å². The van der Waals surface area contributed by atoms with E-state index in [1.807, 2.05) is 13.8 Å². The molecule has 1 aliphatic heterocycles. The van der Waals surface area contributed by atoms with Gasteiger partial charge in [0.1, 0.15) is 0 Å². The van der Waals surface area contributed by atoms with Crippen LogP contribution in [0.25, 0.3) is 0 Å². The van der Waals surface area contributed by atoms with E-state index in [1.54, 1.807) is 7.11 Å². The molecule has 1 aliphatic rings. The van der Waals surface area contributed by atoms with E-state index in [0.29, 0.717) is 0 Å². The molecule has 4 nitrogen and oxygen atoms in total. The van der Waals surface area contributed by atoms with Gasteiger partial charge in [0.2, 0.25) is 0 Å². The van der Waals surface area contributed by atoms with Gasteiger partial charge in [-0.1, -0.05) is 12.8 Å². The number of carbonyl (C=O) groups is 1. The van der Waals surface area contributed by atoms with Gasteiger partial charge in [0.25, 0.3) is 0 Å². The van der Waals surface area contributed by atoms with Crippen LogP contribution in [0.1, 0.15) is 59.3 Å². The van der Waals surface area contributed by atoms with E-state index >= 15 is 0 Å². The number of rotatable bonds is 6. The smallest absolute Gasteiger partial charge is 0.305 e. The average Bonchev–Trinajstić information content (AvgIpc) is 2.56. The van der Waals surface area contributed by atoms with Crippen LogP contribution in [0.4, 0.5) is 0 Å². The number of carboxylic acid groups (broad SMARTS) is 1. The Bertz CT molecular complexity index is 296. The molecule has 1 atom stereocenters. The third-order valence-corrected chi connectivity index (χ3v) is 4.26. The molecular weight excluding hydrogens is 242 g/mol. The first-order valence-corrected chi connectivity index (χ1v) is 7.31. The van der Waals surface area contributed by atoms with Crippen molar-refractivity contribution < 1.29 is 14.6 Å². The molecule has 1 heterocycles. The third kappa shape index (κ3) is 5.11. The lowest BCUT2D eigenvalue weighted by Crippen LogP contribution is -2.52. The largest absolute Gasteiger partial charge is 0.481 e. The van der Waals surface area contributed by atoms with Crippen molar-refractivity contribution in [3.05, 3.63) is 0 Å². The number of hydrogen-bond donors (Lipinski definition) is 1. The van der Waals surface area contributed by atoms with E-state index < -0.39 is 5.97 Å². The van der Waals surface area contributed by atoms with Crippen molar-refractivity contribution in [1.29, 1.82) is 0 Å². The van der Waals surface area contributed by atoms with Crippen LogP contribution in [0.3, 0.4) is 0 Å². The van der Waals surface area contributed by atoms with E-state index in [9.17, 15) is 9.90 Å². The molecule has 0 spiro atoms. The monoisotopic (exact) mass is 271 g/mol. The molecule has 0 aromatic rings. The Morgan fingerprint density at radius 2 is 1.68 bits per heavy atom. The summed E-state index contributed by atoms with van der Waals surface area (Å²) in [4.78, 5) is 13.6. The molecule has 0 amide bonds. The van der Waals surface area contributed by atoms with Crippen molar-refractivity contribution >= 4 is 5.97 Å². The number of likely N-dealkylation sites (tertiary alicyclic amines) is 1. The highest BCUT2D eigenvalue weighted by Gasteiger charge is 2.39. The van der Waals surface area contributed by atoms with Gasteiger partial charge in [-0.25, -0.2) is 0 Å². The number of hydrogen-bond acceptors (Lipinski definition) is 3. The van der Waals surface area contributed by atoms with Crippen molar-refractivity contribution in [3.8, 4) is 0 Å². The normalized spacial score (nSPS) is 21.7. The topological polar surface area (TPSA) is 49.8 Å². The lowest BCUT2D eigenvalue weighted by atomic mass is 9.83. The van der Waals surface area contributed by atoms with Gasteiger partial charge in [-0.15, -0.1) is 0 Å². The second-order valence-electron chi connectivity index (χ2n) is 6.61. The molecule has 0 radical (unpaired) electrons. The van der Waals surface area contributed by atoms with Crippen LogP contribution >= 0.6 is 0 Å². The molecular formula is C15H29NO3. The molecule has 0 aliphatic carbocycles. The highest BCUT2D eigenvalue weighted by molar-refractivity contribution is 5.68. The molecule has 0 bridgehead atoms. The predicted octanol–water partition coefficient (Wildman–Crippen LogP) is 2.91. The second kappa shape index (κ2) is 6.71. The number of carboxylic acids is 1. The third-order valence-electron chi connectivity index (χ3n) is 4.26. The van der Waals surface area contributed by atoms with Crippen LogP contribution in [0.2, 0.25) is 0 Å². The lowest BCUT2D eigenvalue weighted by Gasteiger charge is -2.44. The zero-order valence-corrected chi connectivity index (χ0v) is 12.9. The van der Waals surface area contributed by atoms with Crippen LogP contribution in [0, 0.1) is 0 Å². The summed E-state index contributed by atoms with van der Waals surface area (Å²) in [6, 6.07) is 0. The standard InChI is InChI=1S/C15H29NO3/c1-14(2,19-4)12-15(3,11-13(17)18)16-9-7-5-6-8-10-16/h5-12H2,1-4H3,(H,17,18). The van der Waals surface area contributed by atoms with Crippen molar-refractivity contribution in [2.75, 3.05) is 20.2 Å². The molecule has 0 saturated carbocycles. The first-order chi connectivity index (χ1) is 8.79. The summed E-state index contributed by atoms with van der Waals surface area (Å²) in [5.74, 6) is -0.723. The van der Waals surface area contributed by atoms with Crippen molar-refractivity contribution in [2.45, 2.75) is 70.4 Å². The summed E-state index contributed by atoms with van der Waals surface area (Å²) < 4.78 is 5.52. The van der Waals surface area contributed by atoms with Crippen molar-refractivity contribution in [2.24, 2.45) is 0 Å². The fourth-order valence-electron chi connectivity index (χ4n) is 3.21. The Labute approximate surface area is 117 Å². The maximum absolute atomic E-state index is 11.3. The second-order valence-corrected chi connectivity index (χ2v) is 6.61. The maximum atomic E-state index is 11.3. The van der Waals surface area contributed by atoms with Gasteiger partial charge < -0.3 is 9.84 Å². The van der Waals surface area contributed by atoms with Crippen molar-refractivity contribution in [1.82, 2.24) is 4.90 Å². The Morgan fingerprint density at radius 3 is 2.11 bits per heavy atom. The number of methoxy groups -OCH3 is 1. The Hall–Kier alpha value is -0.610. The zero-order valence-electron chi connectivity index (χ0n) is 12.9. The fraction of sp³-hybridized carbons (Fsp3) is 0.933. The Balaban J connectivity index is 2.86. The minimum absolute atomic E-state index is 0.180. The van der Waals surface area contributed by atoms with Gasteiger partial charge in [-0.2, -0.15) is 0 Å². The van der Waals surface area contributed by atoms with Gasteiger partial charge in [0, 0.05) is 12.6 Å². The quantitative estimate of drug-likeness (QED) is 0.807. The Morgan fingerprint density at radius 1 is 1.16 bits per heavy atom. The zero-order chi connectivity index (χ0) is 14.5. The highest BCUT2D eigenvalue weighted by Crippen LogP contribution is 2.33. The molecule has 1 rings (SSSR count). The van der Waals surface area contributed by atoms with E-state index in [-0.39, 0.29) is 17.6 Å². The van der Waals surface area contributed by atoms with Crippen LogP contribution < -0.4 is 0 Å². The molecule has 4 heteroatoms.